The molecule has 1 amide bonds. The molecule has 51 heavy (non-hydrogen) atoms. The lowest BCUT2D eigenvalue weighted by Crippen LogP contribution is -2.53. The van der Waals surface area contributed by atoms with Crippen LogP contribution in [0.5, 0.6) is 0 Å². The molecule has 1 aliphatic heterocycles. The Morgan fingerprint density at radius 2 is 1.71 bits per heavy atom. The minimum atomic E-state index is -2.94. The number of unbranched alkanes of at least 4 members (excludes halogenated alkanes) is 3. The third-order valence-electron chi connectivity index (χ3n) is 10.2. The maximum Gasteiger partial charge on any atom is 0.317 e. The predicted octanol–water partition coefficient (Wildman–Crippen LogP) is 7.43. The molecule has 0 spiro atoms. The quantitative estimate of drug-likeness (QED) is 0.0628. The first-order chi connectivity index (χ1) is 24.2. The molecule has 0 aromatic carbocycles. The molecule has 0 aromatic rings. The first-order valence-electron chi connectivity index (χ1n) is 18.3. The lowest BCUT2D eigenvalue weighted by Gasteiger charge is -2.45. The second-order valence-electron chi connectivity index (χ2n) is 14.2. The number of carbonyl (C=O) groups excluding carboxylic acids is 1. The number of likely N-dealkylation sites (tertiary alicyclic amines) is 1. The maximum absolute atomic E-state index is 14.3. The Morgan fingerprint density at radius 1 is 0.980 bits per heavy atom. The van der Waals surface area contributed by atoms with Crippen LogP contribution in [0.2, 0.25) is 0 Å². The average molecular weight is 730 g/mol. The number of piperidine rings is 1. The molecule has 11 heteroatoms. The molecule has 5 unspecified atom stereocenters. The average Bonchev–Trinajstić information content (AvgIpc) is 3.07. The zero-order valence-corrected chi connectivity index (χ0v) is 30.9. The zero-order chi connectivity index (χ0) is 37.6. The van der Waals surface area contributed by atoms with Crippen LogP contribution >= 0.6 is 0 Å². The summed E-state index contributed by atoms with van der Waals surface area (Å²) in [4.78, 5) is 38.8. The lowest BCUT2D eigenvalue weighted by atomic mass is 9.80. The second kappa shape index (κ2) is 20.5. The third-order valence-corrected chi connectivity index (χ3v) is 11.2. The number of hydrogen-bond acceptors (Lipinski definition) is 6. The van der Waals surface area contributed by atoms with Crippen LogP contribution in [0.15, 0.2) is 83.8 Å². The maximum atomic E-state index is 14.3. The van der Waals surface area contributed by atoms with Crippen molar-refractivity contribution < 1.29 is 42.5 Å². The van der Waals surface area contributed by atoms with Gasteiger partial charge in [0.1, 0.15) is 15.7 Å². The first kappa shape index (κ1) is 41.8. The number of carbonyl (C=O) groups is 3. The Balaban J connectivity index is 1.67. The van der Waals surface area contributed by atoms with Crippen LogP contribution in [0, 0.1) is 17.8 Å². The minimum absolute atomic E-state index is 0.0512. The molecule has 0 aromatic heterocycles. The van der Waals surface area contributed by atoms with Crippen molar-refractivity contribution in [2.45, 2.75) is 115 Å². The molecule has 2 aliphatic carbocycles. The number of halogens is 1. The zero-order valence-electron chi connectivity index (χ0n) is 30.1. The van der Waals surface area contributed by atoms with E-state index >= 15 is 0 Å². The Labute approximate surface area is 303 Å². The third kappa shape index (κ3) is 13.8. The Kier molecular flexibility index (Phi) is 16.8. The van der Waals surface area contributed by atoms with Gasteiger partial charge in [0.2, 0.25) is 5.91 Å². The fourth-order valence-electron chi connectivity index (χ4n) is 7.26. The predicted molar refractivity (Wildman–Crippen MR) is 198 cm³/mol. The van der Waals surface area contributed by atoms with E-state index in [0.717, 1.165) is 44.1 Å². The molecule has 3 aliphatic rings. The topological polar surface area (TPSA) is 149 Å². The minimum Gasteiger partial charge on any atom is -0.481 e. The second-order valence-corrected chi connectivity index (χ2v) is 16.4. The van der Waals surface area contributed by atoms with Gasteiger partial charge in [0.25, 0.3) is 0 Å². The summed E-state index contributed by atoms with van der Waals surface area (Å²) in [6.07, 6.45) is 26.9. The molecule has 1 fully saturated rings. The van der Waals surface area contributed by atoms with Crippen molar-refractivity contribution in [3.8, 4) is 0 Å². The van der Waals surface area contributed by atoms with Gasteiger partial charge in [-0.05, 0) is 101 Å². The number of allylic oxidation sites excluding steroid dienone is 7. The smallest absolute Gasteiger partial charge is 0.317 e. The van der Waals surface area contributed by atoms with Crippen LogP contribution in [0.4, 0.5) is 4.39 Å². The summed E-state index contributed by atoms with van der Waals surface area (Å²) >= 11 is 0. The molecule has 9 nitrogen and oxygen atoms in total. The number of aliphatic carboxylic acids is 2. The normalized spacial score (nSPS) is 23.4. The molecule has 3 N–H and O–H groups in total. The van der Waals surface area contributed by atoms with Crippen LogP contribution < -0.4 is 0 Å². The number of aliphatic hydroxyl groups is 1. The van der Waals surface area contributed by atoms with Gasteiger partial charge in [-0.25, -0.2) is 12.8 Å². The van der Waals surface area contributed by atoms with Gasteiger partial charge in [-0.2, -0.15) is 0 Å². The molecule has 0 bridgehead atoms. The van der Waals surface area contributed by atoms with Crippen molar-refractivity contribution in [3.05, 3.63) is 83.8 Å². The summed E-state index contributed by atoms with van der Waals surface area (Å²) in [5, 5.41) is 29.2. The van der Waals surface area contributed by atoms with Crippen molar-refractivity contribution in [1.82, 2.24) is 4.90 Å². The van der Waals surface area contributed by atoms with Gasteiger partial charge in [0.05, 0.1) is 18.2 Å². The largest absolute Gasteiger partial charge is 0.481 e. The number of nitrogens with zero attached hydrogens (tertiary/aromatic N) is 1. The van der Waals surface area contributed by atoms with E-state index in [-0.39, 0.29) is 42.0 Å². The van der Waals surface area contributed by atoms with E-state index in [1.807, 2.05) is 4.90 Å². The fraction of sp³-hybridized carbons (Fsp3) is 0.575. The fourth-order valence-corrected chi connectivity index (χ4v) is 7.99. The van der Waals surface area contributed by atoms with E-state index in [0.29, 0.717) is 50.5 Å². The molecule has 0 radical (unpaired) electrons. The van der Waals surface area contributed by atoms with Crippen LogP contribution in [-0.2, 0) is 24.2 Å². The first-order valence-corrected chi connectivity index (χ1v) is 20.3. The van der Waals surface area contributed by atoms with E-state index in [1.165, 1.54) is 24.0 Å². The summed E-state index contributed by atoms with van der Waals surface area (Å²) in [5.41, 5.74) is 2.85. The highest BCUT2D eigenvalue weighted by Crippen LogP contribution is 2.37. The standard InChI is InChI=1S/C40H56FNO8S/c1-4-31(18-13-28(2)41)37(43)26-22-33-21-25-36(32-19-14-30(15-20-32)11-9-12-35(39(45)46)40(47)48)42(38(33)44)34-23-16-29(17-24-34)10-7-5-6-8-27-51(3,49)50/h4,13-14,16-20,23,30,33-37,43H,2,5-12,15,21-22,24-27H2,1,3H3,(H,45,46)(H,47,48). The number of hydrogen-bond donors (Lipinski definition) is 3. The number of carboxylic acids is 2. The van der Waals surface area contributed by atoms with Crippen molar-refractivity contribution in [2.75, 3.05) is 12.0 Å². The lowest BCUT2D eigenvalue weighted by molar-refractivity contribution is -0.155. The Morgan fingerprint density at radius 3 is 2.29 bits per heavy atom. The highest BCUT2D eigenvalue weighted by molar-refractivity contribution is 7.90. The summed E-state index contributed by atoms with van der Waals surface area (Å²) < 4.78 is 36.0. The van der Waals surface area contributed by atoms with E-state index in [1.54, 1.807) is 13.0 Å². The molecule has 1 heterocycles. The highest BCUT2D eigenvalue weighted by Gasteiger charge is 2.40. The molecule has 0 saturated carbocycles. The summed E-state index contributed by atoms with van der Waals surface area (Å²) in [6, 6.07) is -0.252. The van der Waals surface area contributed by atoms with Gasteiger partial charge in [-0.1, -0.05) is 80.0 Å². The van der Waals surface area contributed by atoms with Gasteiger partial charge >= 0.3 is 11.9 Å². The van der Waals surface area contributed by atoms with Gasteiger partial charge in [-0.3, -0.25) is 14.4 Å². The number of rotatable bonds is 21. The van der Waals surface area contributed by atoms with Crippen molar-refractivity contribution in [2.24, 2.45) is 17.8 Å². The van der Waals surface area contributed by atoms with Gasteiger partial charge in [0.15, 0.2) is 5.92 Å². The molecule has 3 rings (SSSR count). The highest BCUT2D eigenvalue weighted by atomic mass is 32.2. The van der Waals surface area contributed by atoms with Crippen LogP contribution in [0.25, 0.3) is 0 Å². The molecule has 1 saturated heterocycles. The Hall–Kier alpha value is -3.57. The number of sulfone groups is 1. The van der Waals surface area contributed by atoms with Gasteiger partial charge in [-0.15, -0.1) is 0 Å². The van der Waals surface area contributed by atoms with E-state index in [2.05, 4.69) is 43.0 Å². The molecular formula is C40H56FNO8S. The summed E-state index contributed by atoms with van der Waals surface area (Å²) in [6.45, 7) is 5.01. The van der Waals surface area contributed by atoms with Crippen molar-refractivity contribution >= 4 is 27.7 Å². The SMILES string of the molecule is C=C(F)C=CC(=CC)C(O)CCC1CCC(C2=CCC(CCCC(C(=O)O)C(=O)O)C=C2)N(C2C=CC(CCCCCCS(C)(=O)=O)=CC2)C1=O. The summed E-state index contributed by atoms with van der Waals surface area (Å²) in [7, 11) is -2.94. The van der Waals surface area contributed by atoms with E-state index < -0.39 is 39.6 Å². The summed E-state index contributed by atoms with van der Waals surface area (Å²) in [5.74, 6) is -4.47. The van der Waals surface area contributed by atoms with Gasteiger partial charge < -0.3 is 20.2 Å². The number of amides is 1. The van der Waals surface area contributed by atoms with Crippen LogP contribution in [-0.4, -0.2) is 76.7 Å². The number of aliphatic hydroxyl groups excluding tert-OH is 1. The van der Waals surface area contributed by atoms with Crippen molar-refractivity contribution in [1.29, 1.82) is 0 Å². The molecule has 282 valence electrons. The van der Waals surface area contributed by atoms with Gasteiger partial charge in [0, 0.05) is 17.9 Å². The monoisotopic (exact) mass is 729 g/mol. The van der Waals surface area contributed by atoms with E-state index in [4.69, 9.17) is 0 Å². The molecule has 5 atom stereocenters. The van der Waals surface area contributed by atoms with E-state index in [9.17, 15) is 42.5 Å². The van der Waals surface area contributed by atoms with Crippen molar-refractivity contribution in [3.63, 3.8) is 0 Å². The number of carboxylic acid groups (broad SMARTS) is 2. The van der Waals surface area contributed by atoms with Crippen LogP contribution in [0.1, 0.15) is 96.8 Å². The molecular weight excluding hydrogens is 674 g/mol. The Bertz CT molecular complexity index is 1520. The van der Waals surface area contributed by atoms with Crippen LogP contribution in [0.3, 0.4) is 0 Å².